The molecule has 5 heteroatoms. The molecule has 0 saturated carbocycles. The molecule has 0 aliphatic heterocycles. The summed E-state index contributed by atoms with van der Waals surface area (Å²) in [5.74, 6) is 0. The van der Waals surface area contributed by atoms with Crippen molar-refractivity contribution < 1.29 is 0 Å². The Hall–Kier alpha value is -3.21. The quantitative estimate of drug-likeness (QED) is 0.602. The summed E-state index contributed by atoms with van der Waals surface area (Å²) in [6, 6.07) is 16.2. The molecule has 0 bridgehead atoms. The second kappa shape index (κ2) is 6.12. The lowest BCUT2D eigenvalue weighted by Crippen LogP contribution is -1.95. The van der Waals surface area contributed by atoms with E-state index in [9.17, 15) is 0 Å². The molecule has 0 saturated heterocycles. The standard InChI is InChI=1S/C19H17N5/c1-13-10-19(24-23-13)18-12-14(7-9-21-18)11-15-4-2-5-17(22-15)16-6-3-8-20-16/h2-10,12,20H,11H2,1H3,(H,23,24). The fourth-order valence-corrected chi connectivity index (χ4v) is 2.70. The van der Waals surface area contributed by atoms with E-state index in [0.29, 0.717) is 0 Å². The van der Waals surface area contributed by atoms with Crippen LogP contribution in [0.2, 0.25) is 0 Å². The number of pyridine rings is 2. The first kappa shape index (κ1) is 14.4. The van der Waals surface area contributed by atoms with Crippen molar-refractivity contribution in [1.29, 1.82) is 0 Å². The third-order valence-electron chi connectivity index (χ3n) is 3.86. The fourth-order valence-electron chi connectivity index (χ4n) is 2.70. The lowest BCUT2D eigenvalue weighted by atomic mass is 10.1. The zero-order chi connectivity index (χ0) is 16.4. The molecule has 0 atom stereocenters. The average Bonchev–Trinajstić information content (AvgIpc) is 3.27. The van der Waals surface area contributed by atoms with Crippen LogP contribution in [0.25, 0.3) is 22.8 Å². The van der Waals surface area contributed by atoms with Gasteiger partial charge in [0.2, 0.25) is 0 Å². The number of H-pyrrole nitrogens is 2. The zero-order valence-corrected chi connectivity index (χ0v) is 13.3. The van der Waals surface area contributed by atoms with Gasteiger partial charge in [-0.3, -0.25) is 15.1 Å². The topological polar surface area (TPSA) is 70.2 Å². The summed E-state index contributed by atoms with van der Waals surface area (Å²) in [5.41, 5.74) is 6.93. The van der Waals surface area contributed by atoms with E-state index in [4.69, 9.17) is 4.98 Å². The largest absolute Gasteiger partial charge is 0.360 e. The van der Waals surface area contributed by atoms with Crippen LogP contribution >= 0.6 is 0 Å². The number of nitrogens with zero attached hydrogens (tertiary/aromatic N) is 3. The molecule has 4 rings (SSSR count). The van der Waals surface area contributed by atoms with Crippen LogP contribution in [0.3, 0.4) is 0 Å². The van der Waals surface area contributed by atoms with Gasteiger partial charge in [0.1, 0.15) is 5.69 Å². The van der Waals surface area contributed by atoms with Crippen molar-refractivity contribution in [3.63, 3.8) is 0 Å². The van der Waals surface area contributed by atoms with E-state index in [1.807, 2.05) is 61.8 Å². The minimum Gasteiger partial charge on any atom is -0.360 e. The van der Waals surface area contributed by atoms with Crippen molar-refractivity contribution in [2.45, 2.75) is 13.3 Å². The highest BCUT2D eigenvalue weighted by Gasteiger charge is 2.07. The summed E-state index contributed by atoms with van der Waals surface area (Å²) in [4.78, 5) is 12.4. The van der Waals surface area contributed by atoms with Crippen LogP contribution in [0.4, 0.5) is 0 Å². The van der Waals surface area contributed by atoms with Gasteiger partial charge < -0.3 is 4.98 Å². The first-order valence-electron chi connectivity index (χ1n) is 7.85. The zero-order valence-electron chi connectivity index (χ0n) is 13.3. The molecule has 0 fully saturated rings. The van der Waals surface area contributed by atoms with Gasteiger partial charge >= 0.3 is 0 Å². The Bertz CT molecular complexity index is 953. The molecule has 5 nitrogen and oxygen atoms in total. The van der Waals surface area contributed by atoms with Crippen LogP contribution in [-0.4, -0.2) is 25.1 Å². The van der Waals surface area contributed by atoms with Gasteiger partial charge in [-0.25, -0.2) is 0 Å². The fraction of sp³-hybridized carbons (Fsp3) is 0.105. The molecular weight excluding hydrogens is 298 g/mol. The second-order valence-corrected chi connectivity index (χ2v) is 5.76. The first-order chi connectivity index (χ1) is 11.8. The van der Waals surface area contributed by atoms with Crippen LogP contribution in [0.1, 0.15) is 17.0 Å². The summed E-state index contributed by atoms with van der Waals surface area (Å²) in [6.07, 6.45) is 4.49. The molecule has 118 valence electrons. The van der Waals surface area contributed by atoms with E-state index >= 15 is 0 Å². The van der Waals surface area contributed by atoms with E-state index in [1.54, 1.807) is 0 Å². The van der Waals surface area contributed by atoms with Crippen LogP contribution in [0.15, 0.2) is 60.9 Å². The number of aryl methyl sites for hydroxylation is 1. The van der Waals surface area contributed by atoms with E-state index in [2.05, 4.69) is 26.2 Å². The maximum Gasteiger partial charge on any atom is 0.111 e. The number of nitrogens with one attached hydrogen (secondary N) is 2. The summed E-state index contributed by atoms with van der Waals surface area (Å²) < 4.78 is 0. The Morgan fingerprint density at radius 2 is 1.92 bits per heavy atom. The Morgan fingerprint density at radius 1 is 0.958 bits per heavy atom. The maximum absolute atomic E-state index is 4.74. The number of rotatable bonds is 4. The summed E-state index contributed by atoms with van der Waals surface area (Å²) >= 11 is 0. The predicted molar refractivity (Wildman–Crippen MR) is 93.4 cm³/mol. The van der Waals surface area contributed by atoms with Gasteiger partial charge in [-0.05, 0) is 55.0 Å². The lowest BCUT2D eigenvalue weighted by molar-refractivity contribution is 1.04. The highest BCUT2D eigenvalue weighted by Crippen LogP contribution is 2.19. The third kappa shape index (κ3) is 2.96. The SMILES string of the molecule is Cc1cc(-c2cc(Cc3cccc(-c4ccc[nH]4)n3)ccn2)n[nH]1. The average molecular weight is 315 g/mol. The molecule has 24 heavy (non-hydrogen) atoms. The van der Waals surface area contributed by atoms with E-state index in [0.717, 1.165) is 46.1 Å². The van der Waals surface area contributed by atoms with E-state index < -0.39 is 0 Å². The van der Waals surface area contributed by atoms with Gasteiger partial charge in [-0.2, -0.15) is 5.10 Å². The van der Waals surface area contributed by atoms with E-state index in [-0.39, 0.29) is 0 Å². The Labute approximate surface area is 139 Å². The highest BCUT2D eigenvalue weighted by molar-refractivity contribution is 5.56. The molecule has 4 aromatic rings. The van der Waals surface area contributed by atoms with Crippen molar-refractivity contribution in [3.8, 4) is 22.8 Å². The lowest BCUT2D eigenvalue weighted by Gasteiger charge is -2.05. The molecular formula is C19H17N5. The Kier molecular flexibility index (Phi) is 3.67. The second-order valence-electron chi connectivity index (χ2n) is 5.76. The molecule has 0 aliphatic rings. The molecule has 0 aromatic carbocycles. The van der Waals surface area contributed by atoms with Crippen molar-refractivity contribution in [1.82, 2.24) is 25.1 Å². The highest BCUT2D eigenvalue weighted by atomic mass is 15.1. The van der Waals surface area contributed by atoms with Gasteiger partial charge in [0.25, 0.3) is 0 Å². The first-order valence-corrected chi connectivity index (χ1v) is 7.85. The number of aromatic amines is 2. The van der Waals surface area contributed by atoms with Crippen LogP contribution in [0.5, 0.6) is 0 Å². The maximum atomic E-state index is 4.74. The summed E-state index contributed by atoms with van der Waals surface area (Å²) in [5, 5.41) is 7.23. The number of aromatic nitrogens is 5. The van der Waals surface area contributed by atoms with Crippen molar-refractivity contribution in [3.05, 3.63) is 77.9 Å². The van der Waals surface area contributed by atoms with Gasteiger partial charge in [-0.1, -0.05) is 6.07 Å². The summed E-state index contributed by atoms with van der Waals surface area (Å²) in [6.45, 7) is 1.98. The molecule has 0 radical (unpaired) electrons. The molecule has 2 N–H and O–H groups in total. The minimum absolute atomic E-state index is 0.757. The van der Waals surface area contributed by atoms with Crippen molar-refractivity contribution >= 4 is 0 Å². The normalized spacial score (nSPS) is 10.9. The number of hydrogen-bond donors (Lipinski definition) is 2. The van der Waals surface area contributed by atoms with Crippen LogP contribution < -0.4 is 0 Å². The molecule has 0 amide bonds. The molecule has 4 aromatic heterocycles. The van der Waals surface area contributed by atoms with Gasteiger partial charge in [0, 0.05) is 30.2 Å². The summed E-state index contributed by atoms with van der Waals surface area (Å²) in [7, 11) is 0. The van der Waals surface area contributed by atoms with Gasteiger partial charge in [-0.15, -0.1) is 0 Å². The van der Waals surface area contributed by atoms with Crippen LogP contribution in [0, 0.1) is 6.92 Å². The Balaban J connectivity index is 1.61. The third-order valence-corrected chi connectivity index (χ3v) is 3.86. The van der Waals surface area contributed by atoms with E-state index in [1.165, 1.54) is 0 Å². The monoisotopic (exact) mass is 315 g/mol. The van der Waals surface area contributed by atoms with Gasteiger partial charge in [0.05, 0.1) is 17.1 Å². The van der Waals surface area contributed by atoms with Gasteiger partial charge in [0.15, 0.2) is 0 Å². The Morgan fingerprint density at radius 3 is 2.71 bits per heavy atom. The number of hydrogen-bond acceptors (Lipinski definition) is 3. The minimum atomic E-state index is 0.757. The smallest absolute Gasteiger partial charge is 0.111 e. The van der Waals surface area contributed by atoms with Crippen molar-refractivity contribution in [2.75, 3.05) is 0 Å². The molecule has 0 aliphatic carbocycles. The molecule has 4 heterocycles. The van der Waals surface area contributed by atoms with Crippen LogP contribution in [-0.2, 0) is 6.42 Å². The molecule has 0 spiro atoms. The molecule has 0 unspecified atom stereocenters. The predicted octanol–water partition coefficient (Wildman–Crippen LogP) is 3.76. The van der Waals surface area contributed by atoms with Crippen molar-refractivity contribution in [2.24, 2.45) is 0 Å².